The molecule has 234 valence electrons. The predicted molar refractivity (Wildman–Crippen MR) is 181 cm³/mol. The van der Waals surface area contributed by atoms with Crippen molar-refractivity contribution in [2.24, 2.45) is 0 Å². The summed E-state index contributed by atoms with van der Waals surface area (Å²) in [6.07, 6.45) is 2.14. The lowest BCUT2D eigenvalue weighted by Gasteiger charge is -2.19. The van der Waals surface area contributed by atoms with Crippen LogP contribution in [0.15, 0.2) is 65.6 Å². The first-order valence-corrected chi connectivity index (χ1v) is 16.3. The normalized spacial score (nSPS) is 11.3. The second-order valence-corrected chi connectivity index (χ2v) is 13.1. The molecule has 1 heterocycles. The Balaban J connectivity index is 1.54. The number of aryl methyl sites for hydroxylation is 1. The van der Waals surface area contributed by atoms with Crippen LogP contribution in [0.3, 0.4) is 0 Å². The third-order valence-electron chi connectivity index (χ3n) is 6.59. The molecule has 0 unspecified atom stereocenters. The lowest BCUT2D eigenvalue weighted by Crippen LogP contribution is -2.33. The van der Waals surface area contributed by atoms with Crippen LogP contribution in [0.5, 0.6) is 11.5 Å². The molecule has 0 saturated carbocycles. The molecule has 44 heavy (non-hydrogen) atoms. The number of amides is 1. The van der Waals surface area contributed by atoms with Gasteiger partial charge in [0.1, 0.15) is 17.1 Å². The van der Waals surface area contributed by atoms with Crippen molar-refractivity contribution in [1.82, 2.24) is 30.2 Å². The van der Waals surface area contributed by atoms with Crippen LogP contribution in [0, 0.1) is 3.57 Å². The maximum atomic E-state index is 12.0. The fraction of sp³-hybridized carbons (Fsp3) is 0.375. The Hall–Kier alpha value is -3.36. The van der Waals surface area contributed by atoms with Crippen LogP contribution in [-0.2, 0) is 24.2 Å². The molecule has 1 aromatic heterocycles. The van der Waals surface area contributed by atoms with E-state index in [0.717, 1.165) is 55.9 Å². The first-order valence-electron chi connectivity index (χ1n) is 14.4. The van der Waals surface area contributed by atoms with Crippen molar-refractivity contribution >= 4 is 40.6 Å². The highest BCUT2D eigenvalue weighted by molar-refractivity contribution is 14.1. The zero-order chi connectivity index (χ0) is 31.5. The molecule has 10 nitrogen and oxygen atoms in total. The maximum absolute atomic E-state index is 12.0. The van der Waals surface area contributed by atoms with E-state index in [2.05, 4.69) is 72.4 Å². The van der Waals surface area contributed by atoms with E-state index < -0.39 is 11.7 Å². The van der Waals surface area contributed by atoms with E-state index in [9.17, 15) is 4.79 Å². The summed E-state index contributed by atoms with van der Waals surface area (Å²) < 4.78 is 22.4. The summed E-state index contributed by atoms with van der Waals surface area (Å²) in [7, 11) is 3.32. The first kappa shape index (κ1) is 33.5. The number of unbranched alkanes of at least 4 members (excludes halogenated alkanes) is 1. The zero-order valence-electron chi connectivity index (χ0n) is 25.7. The maximum Gasteiger partial charge on any atom is 0.407 e. The SMILES string of the molecule is COc1ccc(CNSc2c(CCCCNC(=O)OC(C)(C)C)ccc(I)c2-c2nnnn2Cc2ccc(OC)cc2)cc1. The fourth-order valence-corrected chi connectivity index (χ4v) is 6.26. The van der Waals surface area contributed by atoms with E-state index in [-0.39, 0.29) is 0 Å². The van der Waals surface area contributed by atoms with Crippen molar-refractivity contribution in [3.8, 4) is 22.9 Å². The second kappa shape index (κ2) is 16.1. The molecular formula is C32H39IN6O4S. The Bertz CT molecular complexity index is 1510. The third kappa shape index (κ3) is 9.83. The Morgan fingerprint density at radius 2 is 1.59 bits per heavy atom. The van der Waals surface area contributed by atoms with Gasteiger partial charge in [-0.2, -0.15) is 0 Å². The minimum absolute atomic E-state index is 0.392. The summed E-state index contributed by atoms with van der Waals surface area (Å²) in [6, 6.07) is 20.2. The van der Waals surface area contributed by atoms with Crippen LogP contribution in [0.25, 0.3) is 11.4 Å². The average molecular weight is 731 g/mol. The van der Waals surface area contributed by atoms with E-state index in [1.807, 2.05) is 61.9 Å². The molecule has 12 heteroatoms. The van der Waals surface area contributed by atoms with Gasteiger partial charge in [-0.15, -0.1) is 5.10 Å². The zero-order valence-corrected chi connectivity index (χ0v) is 28.7. The van der Waals surface area contributed by atoms with E-state index in [4.69, 9.17) is 14.2 Å². The number of nitrogens with one attached hydrogen (secondary N) is 2. The fourth-order valence-electron chi connectivity index (χ4n) is 4.40. The van der Waals surface area contributed by atoms with E-state index in [1.165, 1.54) is 5.56 Å². The summed E-state index contributed by atoms with van der Waals surface area (Å²) in [5.74, 6) is 2.33. The van der Waals surface area contributed by atoms with Gasteiger partial charge >= 0.3 is 6.09 Å². The average Bonchev–Trinajstić information content (AvgIpc) is 3.45. The van der Waals surface area contributed by atoms with Crippen molar-refractivity contribution in [2.75, 3.05) is 20.8 Å². The van der Waals surface area contributed by atoms with Crippen molar-refractivity contribution in [3.05, 3.63) is 80.9 Å². The minimum Gasteiger partial charge on any atom is -0.497 e. The molecule has 0 aliphatic heterocycles. The summed E-state index contributed by atoms with van der Waals surface area (Å²) in [6.45, 7) is 7.30. The monoisotopic (exact) mass is 730 g/mol. The summed E-state index contributed by atoms with van der Waals surface area (Å²) in [4.78, 5) is 13.1. The number of tetrazole rings is 1. The number of benzene rings is 3. The number of alkyl carbamates (subject to hydrolysis) is 1. The first-order chi connectivity index (χ1) is 21.2. The van der Waals surface area contributed by atoms with Crippen LogP contribution in [-0.4, -0.2) is 52.7 Å². The van der Waals surface area contributed by atoms with Crippen LogP contribution in [0.2, 0.25) is 0 Å². The van der Waals surface area contributed by atoms with Crippen LogP contribution in [0.1, 0.15) is 50.3 Å². The number of hydrogen-bond donors (Lipinski definition) is 2. The number of carbonyl (C=O) groups excluding carboxylic acids is 1. The molecule has 0 aliphatic carbocycles. The van der Waals surface area contributed by atoms with Gasteiger partial charge in [0.15, 0.2) is 5.82 Å². The molecule has 3 aromatic carbocycles. The Kier molecular flexibility index (Phi) is 12.3. The van der Waals surface area contributed by atoms with Gasteiger partial charge < -0.3 is 19.5 Å². The molecular weight excluding hydrogens is 691 g/mol. The number of rotatable bonds is 14. The van der Waals surface area contributed by atoms with Crippen molar-refractivity contribution < 1.29 is 19.0 Å². The van der Waals surface area contributed by atoms with Gasteiger partial charge in [-0.25, -0.2) is 9.48 Å². The number of halogens is 1. The van der Waals surface area contributed by atoms with Gasteiger partial charge in [0, 0.05) is 27.1 Å². The lowest BCUT2D eigenvalue weighted by molar-refractivity contribution is 0.0527. The number of nitrogens with zero attached hydrogens (tertiary/aromatic N) is 4. The third-order valence-corrected chi connectivity index (χ3v) is 8.44. The van der Waals surface area contributed by atoms with Crippen molar-refractivity contribution in [3.63, 3.8) is 0 Å². The lowest BCUT2D eigenvalue weighted by atomic mass is 10.0. The predicted octanol–water partition coefficient (Wildman–Crippen LogP) is 6.65. The van der Waals surface area contributed by atoms with E-state index in [0.29, 0.717) is 25.5 Å². The van der Waals surface area contributed by atoms with Crippen LogP contribution < -0.4 is 19.5 Å². The van der Waals surface area contributed by atoms with Gasteiger partial charge in [-0.1, -0.05) is 30.3 Å². The molecule has 0 fully saturated rings. The van der Waals surface area contributed by atoms with Gasteiger partial charge in [0.05, 0.1) is 20.8 Å². The summed E-state index contributed by atoms with van der Waals surface area (Å²) in [5.41, 5.74) is 3.86. The molecule has 1 amide bonds. The highest BCUT2D eigenvalue weighted by Gasteiger charge is 2.21. The Morgan fingerprint density at radius 1 is 0.932 bits per heavy atom. The number of aromatic nitrogens is 4. The van der Waals surface area contributed by atoms with Gasteiger partial charge in [-0.05, 0) is 132 Å². The van der Waals surface area contributed by atoms with Gasteiger partial charge in [0.25, 0.3) is 0 Å². The van der Waals surface area contributed by atoms with Gasteiger partial charge in [-0.3, -0.25) is 4.72 Å². The Morgan fingerprint density at radius 3 is 2.23 bits per heavy atom. The number of ether oxygens (including phenoxy) is 3. The van der Waals surface area contributed by atoms with Crippen LogP contribution >= 0.6 is 34.5 Å². The van der Waals surface area contributed by atoms with Crippen molar-refractivity contribution in [1.29, 1.82) is 0 Å². The smallest absolute Gasteiger partial charge is 0.407 e. The van der Waals surface area contributed by atoms with E-state index >= 15 is 0 Å². The largest absolute Gasteiger partial charge is 0.497 e. The summed E-state index contributed by atoms with van der Waals surface area (Å²) >= 11 is 3.94. The molecule has 0 saturated heterocycles. The number of carbonyl (C=O) groups is 1. The highest BCUT2D eigenvalue weighted by atomic mass is 127. The molecule has 0 aliphatic rings. The van der Waals surface area contributed by atoms with E-state index in [1.54, 1.807) is 26.2 Å². The molecule has 4 rings (SSSR count). The highest BCUT2D eigenvalue weighted by Crippen LogP contribution is 2.37. The van der Waals surface area contributed by atoms with Crippen molar-refractivity contribution in [2.45, 2.75) is 63.6 Å². The molecule has 0 spiro atoms. The topological polar surface area (TPSA) is 112 Å². The van der Waals surface area contributed by atoms with Gasteiger partial charge in [0.2, 0.25) is 0 Å². The molecule has 0 atom stereocenters. The quantitative estimate of drug-likeness (QED) is 0.0837. The number of hydrogen-bond acceptors (Lipinski definition) is 9. The number of methoxy groups -OCH3 is 2. The molecule has 2 N–H and O–H groups in total. The minimum atomic E-state index is -0.518. The standard InChI is InChI=1S/C32H39IN6O4S/c1-32(2,3)43-31(40)34-19-7-6-8-24-13-18-27(33)28(29(24)44-35-20-22-9-14-25(41-4)15-10-22)30-36-37-38-39(30)21-23-11-16-26(42-5)17-12-23/h9-18,35H,6-8,19-21H2,1-5H3,(H,34,40). The second-order valence-electron chi connectivity index (χ2n) is 11.1. The Labute approximate surface area is 276 Å². The van der Waals surface area contributed by atoms with Crippen LogP contribution in [0.4, 0.5) is 4.79 Å². The molecule has 4 aromatic rings. The molecule has 0 bridgehead atoms. The molecule has 0 radical (unpaired) electrons. The summed E-state index contributed by atoms with van der Waals surface area (Å²) in [5, 5.41) is 15.7.